The number of hydrogen-bond acceptors (Lipinski definition) is 3. The van der Waals surface area contributed by atoms with Gasteiger partial charge in [-0.1, -0.05) is 22.0 Å². The largest absolute Gasteiger partial charge is 0.350 e. The standard InChI is InChI=1S/C18H18BrN3O2S/c1-11(2)20-17(24)13-4-3-5-15(10-13)21-18(25)22-16(23)12-6-8-14(19)9-7-12/h3-11H,1-2H3,(H,20,24)(H2,21,22,23,25). The van der Waals surface area contributed by atoms with Crippen LogP contribution in [0.4, 0.5) is 5.69 Å². The van der Waals surface area contributed by atoms with E-state index in [4.69, 9.17) is 12.2 Å². The van der Waals surface area contributed by atoms with Gasteiger partial charge in [-0.05, 0) is 68.5 Å². The molecule has 130 valence electrons. The average molecular weight is 420 g/mol. The van der Waals surface area contributed by atoms with Crippen LogP contribution < -0.4 is 16.0 Å². The van der Waals surface area contributed by atoms with E-state index < -0.39 is 0 Å². The zero-order valence-electron chi connectivity index (χ0n) is 13.8. The summed E-state index contributed by atoms with van der Waals surface area (Å²) in [5, 5.41) is 8.51. The quantitative estimate of drug-likeness (QED) is 0.660. The Hall–Kier alpha value is -2.25. The number of benzene rings is 2. The number of thiocarbonyl (C=S) groups is 1. The molecule has 0 atom stereocenters. The highest BCUT2D eigenvalue weighted by Gasteiger charge is 2.10. The van der Waals surface area contributed by atoms with Gasteiger partial charge in [0.1, 0.15) is 0 Å². The van der Waals surface area contributed by atoms with Crippen molar-refractivity contribution in [1.29, 1.82) is 0 Å². The minimum Gasteiger partial charge on any atom is -0.350 e. The number of anilines is 1. The van der Waals surface area contributed by atoms with Crippen molar-refractivity contribution in [3.05, 3.63) is 64.1 Å². The second-order valence-electron chi connectivity index (χ2n) is 5.62. The Bertz CT molecular complexity index is 791. The molecule has 0 radical (unpaired) electrons. The Balaban J connectivity index is 1.99. The van der Waals surface area contributed by atoms with E-state index in [2.05, 4.69) is 31.9 Å². The molecule has 0 fully saturated rings. The van der Waals surface area contributed by atoms with Gasteiger partial charge in [0, 0.05) is 27.3 Å². The minimum atomic E-state index is -0.307. The molecule has 2 amide bonds. The van der Waals surface area contributed by atoms with Gasteiger partial charge in [0.05, 0.1) is 0 Å². The van der Waals surface area contributed by atoms with E-state index in [1.54, 1.807) is 48.5 Å². The predicted octanol–water partition coefficient (Wildman–Crippen LogP) is 3.71. The molecule has 0 heterocycles. The number of hydrogen-bond donors (Lipinski definition) is 3. The Labute approximate surface area is 160 Å². The normalized spacial score (nSPS) is 10.2. The Morgan fingerprint density at radius 3 is 2.32 bits per heavy atom. The van der Waals surface area contributed by atoms with Crippen LogP contribution in [0.3, 0.4) is 0 Å². The van der Waals surface area contributed by atoms with Gasteiger partial charge in [0.25, 0.3) is 11.8 Å². The lowest BCUT2D eigenvalue weighted by molar-refractivity contribution is 0.0941. The molecule has 0 aliphatic carbocycles. The lowest BCUT2D eigenvalue weighted by atomic mass is 10.2. The molecule has 0 aromatic heterocycles. The van der Waals surface area contributed by atoms with E-state index in [1.807, 2.05) is 13.8 Å². The van der Waals surface area contributed by atoms with Crippen LogP contribution in [0.1, 0.15) is 34.6 Å². The van der Waals surface area contributed by atoms with Crippen molar-refractivity contribution in [2.75, 3.05) is 5.32 Å². The molecule has 2 aromatic carbocycles. The molecule has 2 rings (SSSR count). The van der Waals surface area contributed by atoms with Gasteiger partial charge in [0.15, 0.2) is 5.11 Å². The Morgan fingerprint density at radius 1 is 1.00 bits per heavy atom. The number of halogens is 1. The van der Waals surface area contributed by atoms with Gasteiger partial charge in [-0.3, -0.25) is 14.9 Å². The van der Waals surface area contributed by atoms with Crippen LogP contribution in [0.25, 0.3) is 0 Å². The van der Waals surface area contributed by atoms with E-state index in [9.17, 15) is 9.59 Å². The zero-order valence-corrected chi connectivity index (χ0v) is 16.2. The number of nitrogens with one attached hydrogen (secondary N) is 3. The summed E-state index contributed by atoms with van der Waals surface area (Å²) in [5.74, 6) is -0.470. The van der Waals surface area contributed by atoms with E-state index in [1.165, 1.54) is 0 Å². The minimum absolute atomic E-state index is 0.0513. The SMILES string of the molecule is CC(C)NC(=O)c1cccc(NC(=S)NC(=O)c2ccc(Br)cc2)c1. The van der Waals surface area contributed by atoms with E-state index in [0.29, 0.717) is 16.8 Å². The lowest BCUT2D eigenvalue weighted by Crippen LogP contribution is -2.34. The van der Waals surface area contributed by atoms with Crippen molar-refractivity contribution in [3.8, 4) is 0 Å². The number of amides is 2. The van der Waals surface area contributed by atoms with Gasteiger partial charge >= 0.3 is 0 Å². The van der Waals surface area contributed by atoms with Crippen molar-refractivity contribution >= 4 is 50.8 Å². The molecule has 0 saturated carbocycles. The molecule has 0 saturated heterocycles. The van der Waals surface area contributed by atoms with Gasteiger partial charge in [-0.15, -0.1) is 0 Å². The molecule has 0 aliphatic heterocycles. The lowest BCUT2D eigenvalue weighted by Gasteiger charge is -2.12. The summed E-state index contributed by atoms with van der Waals surface area (Å²) in [5.41, 5.74) is 1.63. The van der Waals surface area contributed by atoms with Gasteiger partial charge in [0.2, 0.25) is 0 Å². The smallest absolute Gasteiger partial charge is 0.257 e. The van der Waals surface area contributed by atoms with E-state index in [0.717, 1.165) is 4.47 Å². The Morgan fingerprint density at radius 2 is 1.68 bits per heavy atom. The second-order valence-corrected chi connectivity index (χ2v) is 6.95. The molecule has 0 aliphatic rings. The Kier molecular flexibility index (Phi) is 6.66. The molecule has 7 heteroatoms. The first-order chi connectivity index (χ1) is 11.8. The number of carbonyl (C=O) groups is 2. The topological polar surface area (TPSA) is 70.2 Å². The molecule has 25 heavy (non-hydrogen) atoms. The first-order valence-electron chi connectivity index (χ1n) is 7.64. The third-order valence-corrected chi connectivity index (χ3v) is 3.87. The van der Waals surface area contributed by atoms with E-state index in [-0.39, 0.29) is 23.0 Å². The summed E-state index contributed by atoms with van der Waals surface area (Å²) in [7, 11) is 0. The monoisotopic (exact) mass is 419 g/mol. The molecular weight excluding hydrogens is 402 g/mol. The van der Waals surface area contributed by atoms with Crippen LogP contribution in [0, 0.1) is 0 Å². The van der Waals surface area contributed by atoms with Crippen LogP contribution in [-0.4, -0.2) is 23.0 Å². The summed E-state index contributed by atoms with van der Waals surface area (Å²) >= 11 is 8.48. The highest BCUT2D eigenvalue weighted by Crippen LogP contribution is 2.12. The van der Waals surface area contributed by atoms with Crippen LogP contribution in [0.2, 0.25) is 0 Å². The van der Waals surface area contributed by atoms with E-state index >= 15 is 0 Å². The van der Waals surface area contributed by atoms with Gasteiger partial charge < -0.3 is 10.6 Å². The molecule has 2 aromatic rings. The fourth-order valence-corrected chi connectivity index (χ4v) is 2.50. The van der Waals surface area contributed by atoms with Crippen molar-refractivity contribution < 1.29 is 9.59 Å². The number of carbonyl (C=O) groups excluding carboxylic acids is 2. The number of rotatable bonds is 4. The predicted molar refractivity (Wildman–Crippen MR) is 107 cm³/mol. The van der Waals surface area contributed by atoms with Gasteiger partial charge in [-0.25, -0.2) is 0 Å². The molecule has 3 N–H and O–H groups in total. The zero-order chi connectivity index (χ0) is 18.4. The summed E-state index contributed by atoms with van der Waals surface area (Å²) in [6.45, 7) is 3.79. The summed E-state index contributed by atoms with van der Waals surface area (Å²) in [4.78, 5) is 24.2. The maximum atomic E-state index is 12.1. The maximum Gasteiger partial charge on any atom is 0.257 e. The first kappa shape index (κ1) is 19.1. The van der Waals surface area contributed by atoms with Gasteiger partial charge in [-0.2, -0.15) is 0 Å². The maximum absolute atomic E-state index is 12.1. The van der Waals surface area contributed by atoms with Crippen LogP contribution in [0.5, 0.6) is 0 Å². The molecular formula is C18H18BrN3O2S. The second kappa shape index (κ2) is 8.73. The van der Waals surface area contributed by atoms with Crippen molar-refractivity contribution in [3.63, 3.8) is 0 Å². The summed E-state index contributed by atoms with van der Waals surface area (Å²) < 4.78 is 0.890. The highest BCUT2D eigenvalue weighted by molar-refractivity contribution is 9.10. The summed E-state index contributed by atoms with van der Waals surface area (Å²) in [6.07, 6.45) is 0. The average Bonchev–Trinajstić information content (AvgIpc) is 2.54. The van der Waals surface area contributed by atoms with Crippen molar-refractivity contribution in [2.24, 2.45) is 0 Å². The first-order valence-corrected chi connectivity index (χ1v) is 8.84. The molecule has 0 spiro atoms. The molecule has 0 unspecified atom stereocenters. The third-order valence-electron chi connectivity index (χ3n) is 3.14. The molecule has 5 nitrogen and oxygen atoms in total. The highest BCUT2D eigenvalue weighted by atomic mass is 79.9. The van der Waals surface area contributed by atoms with Crippen molar-refractivity contribution in [2.45, 2.75) is 19.9 Å². The van der Waals surface area contributed by atoms with Crippen LogP contribution >= 0.6 is 28.1 Å². The fourth-order valence-electron chi connectivity index (χ4n) is 2.02. The summed E-state index contributed by atoms with van der Waals surface area (Å²) in [6, 6.07) is 13.9. The van der Waals surface area contributed by atoms with Crippen molar-refractivity contribution in [1.82, 2.24) is 10.6 Å². The fraction of sp³-hybridized carbons (Fsp3) is 0.167. The third kappa shape index (κ3) is 5.95. The van der Waals surface area contributed by atoms with Crippen LogP contribution in [-0.2, 0) is 0 Å². The molecule has 0 bridgehead atoms. The van der Waals surface area contributed by atoms with Crippen LogP contribution in [0.15, 0.2) is 53.0 Å².